The molecule has 0 unspecified atom stereocenters. The number of methoxy groups -OCH3 is 1. The quantitative estimate of drug-likeness (QED) is 0.582. The molecule has 0 aliphatic heterocycles. The number of H-pyrrole nitrogens is 1. The molecule has 0 radical (unpaired) electrons. The van der Waals surface area contributed by atoms with Gasteiger partial charge in [-0.05, 0) is 55.2 Å². The summed E-state index contributed by atoms with van der Waals surface area (Å²) in [4.78, 5) is 31.2. The summed E-state index contributed by atoms with van der Waals surface area (Å²) in [6.45, 7) is 4.08. The number of nitrogens with one attached hydrogen (secondary N) is 1. The van der Waals surface area contributed by atoms with Gasteiger partial charge in [-0.1, -0.05) is 6.92 Å². The van der Waals surface area contributed by atoms with Crippen molar-refractivity contribution in [3.05, 3.63) is 26.2 Å². The summed E-state index contributed by atoms with van der Waals surface area (Å²) in [7, 11) is 1.43. The molecule has 8 heteroatoms. The molecule has 0 aromatic carbocycles. The van der Waals surface area contributed by atoms with Crippen LogP contribution in [0, 0.1) is 9.12 Å². The number of nitrogens with zero attached hydrogens (tertiary/aromatic N) is 3. The molecule has 3 rings (SSSR count). The Labute approximate surface area is 147 Å². The fraction of sp³-hybridized carbons (Fsp3) is 0.600. The Morgan fingerprint density at radius 1 is 1.35 bits per heavy atom. The normalized spacial score (nSPS) is 28.0. The molecule has 1 fully saturated rings. The maximum absolute atomic E-state index is 12.0. The van der Waals surface area contributed by atoms with Gasteiger partial charge in [0.1, 0.15) is 15.9 Å². The average Bonchev–Trinajstić information content (AvgIpc) is 2.89. The first-order chi connectivity index (χ1) is 10.8. The van der Waals surface area contributed by atoms with Gasteiger partial charge >= 0.3 is 5.97 Å². The highest BCUT2D eigenvalue weighted by atomic mass is 127. The summed E-state index contributed by atoms with van der Waals surface area (Å²) in [5.41, 5.74) is -0.382. The highest BCUT2D eigenvalue weighted by molar-refractivity contribution is 14.1. The molecule has 2 aromatic rings. The van der Waals surface area contributed by atoms with E-state index >= 15 is 0 Å². The smallest absolute Gasteiger partial charge is 0.311 e. The molecule has 1 N–H and O–H groups in total. The molecule has 23 heavy (non-hydrogen) atoms. The van der Waals surface area contributed by atoms with Crippen LogP contribution in [0.5, 0.6) is 0 Å². The number of esters is 1. The van der Waals surface area contributed by atoms with Crippen LogP contribution in [0.25, 0.3) is 5.52 Å². The number of carbonyl (C=O) groups is 1. The molecule has 1 saturated carbocycles. The highest BCUT2D eigenvalue weighted by Crippen LogP contribution is 2.46. The second-order valence-electron chi connectivity index (χ2n) is 6.72. The first-order valence-corrected chi connectivity index (χ1v) is 8.59. The maximum atomic E-state index is 12.0. The van der Waals surface area contributed by atoms with Gasteiger partial charge in [-0.25, -0.2) is 9.50 Å². The molecule has 1 aliphatic rings. The third-order valence-electron chi connectivity index (χ3n) is 5.07. The van der Waals surface area contributed by atoms with Gasteiger partial charge in [-0.2, -0.15) is 5.10 Å². The zero-order valence-electron chi connectivity index (χ0n) is 13.4. The van der Waals surface area contributed by atoms with Gasteiger partial charge in [0.25, 0.3) is 5.56 Å². The summed E-state index contributed by atoms with van der Waals surface area (Å²) < 4.78 is 7.23. The van der Waals surface area contributed by atoms with Crippen LogP contribution in [0.1, 0.15) is 45.4 Å². The van der Waals surface area contributed by atoms with Gasteiger partial charge in [-0.3, -0.25) is 9.59 Å². The number of hydrogen-bond donors (Lipinski definition) is 1. The van der Waals surface area contributed by atoms with Crippen molar-refractivity contribution in [2.24, 2.45) is 5.41 Å². The van der Waals surface area contributed by atoms with E-state index < -0.39 is 5.41 Å². The van der Waals surface area contributed by atoms with E-state index in [0.717, 1.165) is 31.5 Å². The number of ether oxygens (including phenoxy) is 1. The van der Waals surface area contributed by atoms with E-state index in [1.54, 1.807) is 4.52 Å². The zero-order valence-corrected chi connectivity index (χ0v) is 15.5. The van der Waals surface area contributed by atoms with Crippen LogP contribution in [-0.4, -0.2) is 32.7 Å². The van der Waals surface area contributed by atoms with Gasteiger partial charge < -0.3 is 9.72 Å². The lowest BCUT2D eigenvalue weighted by molar-refractivity contribution is -0.154. The zero-order chi connectivity index (χ0) is 16.8. The molecule has 0 atom stereocenters. The largest absolute Gasteiger partial charge is 0.469 e. The fourth-order valence-electron chi connectivity index (χ4n) is 3.32. The topological polar surface area (TPSA) is 89.3 Å². The summed E-state index contributed by atoms with van der Waals surface area (Å²) in [6.07, 6.45) is 4.43. The van der Waals surface area contributed by atoms with Gasteiger partial charge in [-0.15, -0.1) is 0 Å². The van der Waals surface area contributed by atoms with Gasteiger partial charge in [0.05, 0.1) is 12.5 Å². The second-order valence-corrected chi connectivity index (χ2v) is 7.74. The number of imidazole rings is 1. The molecule has 0 bridgehead atoms. The standard InChI is InChI=1S/C15H19IN4O3/c1-14(4-6-15(2,7-5-14)13(22)23-3)12-19-10(16)9-11(21)17-8-18-20(9)12/h8H,4-7H2,1-3H3,(H,17,18,21). The molecular weight excluding hydrogens is 411 g/mol. The minimum atomic E-state index is -0.445. The van der Waals surface area contributed by atoms with Crippen LogP contribution in [0.15, 0.2) is 11.1 Å². The van der Waals surface area contributed by atoms with Crippen LogP contribution < -0.4 is 5.56 Å². The van der Waals surface area contributed by atoms with Crippen molar-refractivity contribution in [1.82, 2.24) is 19.6 Å². The number of hydrogen-bond acceptors (Lipinski definition) is 5. The van der Waals surface area contributed by atoms with Gasteiger partial charge in [0, 0.05) is 5.41 Å². The molecule has 7 nitrogen and oxygen atoms in total. The molecule has 0 spiro atoms. The predicted molar refractivity (Wildman–Crippen MR) is 92.3 cm³/mol. The number of halogens is 1. The second kappa shape index (κ2) is 5.57. The lowest BCUT2D eigenvalue weighted by Crippen LogP contribution is -2.40. The molecule has 2 aromatic heterocycles. The Balaban J connectivity index is 1.99. The molecule has 2 heterocycles. The maximum Gasteiger partial charge on any atom is 0.311 e. The number of carbonyl (C=O) groups excluding carboxylic acids is 1. The van der Waals surface area contributed by atoms with Gasteiger partial charge in [0.15, 0.2) is 5.52 Å². The van der Waals surface area contributed by atoms with E-state index in [-0.39, 0.29) is 16.9 Å². The highest BCUT2D eigenvalue weighted by Gasteiger charge is 2.45. The Morgan fingerprint density at radius 2 is 2.00 bits per heavy atom. The van der Waals surface area contributed by atoms with Crippen LogP contribution in [0.4, 0.5) is 0 Å². The van der Waals surface area contributed by atoms with Crippen molar-refractivity contribution in [3.63, 3.8) is 0 Å². The van der Waals surface area contributed by atoms with E-state index in [4.69, 9.17) is 4.74 Å². The lowest BCUT2D eigenvalue weighted by Gasteiger charge is -2.40. The molecule has 0 saturated heterocycles. The Kier molecular flexibility index (Phi) is 3.97. The third kappa shape index (κ3) is 2.56. The molecule has 124 valence electrons. The van der Waals surface area contributed by atoms with E-state index in [1.807, 2.05) is 6.92 Å². The van der Waals surface area contributed by atoms with Crippen molar-refractivity contribution in [3.8, 4) is 0 Å². The summed E-state index contributed by atoms with van der Waals surface area (Å²) >= 11 is 2.06. The van der Waals surface area contributed by atoms with Crippen molar-refractivity contribution >= 4 is 34.1 Å². The summed E-state index contributed by atoms with van der Waals surface area (Å²) in [5, 5.41) is 4.27. The van der Waals surface area contributed by atoms with Crippen LogP contribution >= 0.6 is 22.6 Å². The fourth-order valence-corrected chi connectivity index (χ4v) is 4.02. The Hall–Kier alpha value is -1.45. The minimum Gasteiger partial charge on any atom is -0.469 e. The third-order valence-corrected chi connectivity index (χ3v) is 5.82. The Morgan fingerprint density at radius 3 is 2.61 bits per heavy atom. The Bertz CT molecular complexity index is 818. The average molecular weight is 430 g/mol. The van der Waals surface area contributed by atoms with Crippen molar-refractivity contribution in [2.75, 3.05) is 7.11 Å². The first-order valence-electron chi connectivity index (χ1n) is 7.52. The molecule has 1 aliphatic carbocycles. The lowest BCUT2D eigenvalue weighted by atomic mass is 9.65. The minimum absolute atomic E-state index is 0.156. The van der Waals surface area contributed by atoms with Crippen LogP contribution in [-0.2, 0) is 14.9 Å². The van der Waals surface area contributed by atoms with E-state index in [1.165, 1.54) is 13.4 Å². The number of aromatic nitrogens is 4. The molecular formula is C15H19IN4O3. The van der Waals surface area contributed by atoms with Gasteiger partial charge in [0.2, 0.25) is 0 Å². The van der Waals surface area contributed by atoms with Crippen LogP contribution in [0.2, 0.25) is 0 Å². The first kappa shape index (κ1) is 16.4. The van der Waals surface area contributed by atoms with E-state index in [0.29, 0.717) is 9.22 Å². The van der Waals surface area contributed by atoms with Crippen molar-refractivity contribution in [2.45, 2.75) is 44.9 Å². The summed E-state index contributed by atoms with van der Waals surface area (Å²) in [5.74, 6) is 0.631. The van der Waals surface area contributed by atoms with E-state index in [2.05, 4.69) is 44.6 Å². The number of rotatable bonds is 2. The van der Waals surface area contributed by atoms with Crippen LogP contribution in [0.3, 0.4) is 0 Å². The number of fused-ring (bicyclic) bond motifs is 1. The number of aromatic amines is 1. The predicted octanol–water partition coefficient (Wildman–Crippen LogP) is 2.03. The van der Waals surface area contributed by atoms with Crippen molar-refractivity contribution < 1.29 is 9.53 Å². The molecule has 0 amide bonds. The SMILES string of the molecule is COC(=O)C1(C)CCC(C)(c2nc(I)c3c(=O)[nH]cnn23)CC1. The summed E-state index contributed by atoms with van der Waals surface area (Å²) in [6, 6.07) is 0. The van der Waals surface area contributed by atoms with E-state index in [9.17, 15) is 9.59 Å². The monoisotopic (exact) mass is 430 g/mol. The van der Waals surface area contributed by atoms with Crippen molar-refractivity contribution in [1.29, 1.82) is 0 Å².